The Hall–Kier alpha value is -2.69. The number of aryl methyl sites for hydroxylation is 2. The van der Waals surface area contributed by atoms with Gasteiger partial charge in [-0.15, -0.1) is 0 Å². The third-order valence-corrected chi connectivity index (χ3v) is 4.21. The summed E-state index contributed by atoms with van der Waals surface area (Å²) >= 11 is 0. The second-order valence-electron chi connectivity index (χ2n) is 6.68. The van der Waals surface area contributed by atoms with Gasteiger partial charge in [-0.3, -0.25) is 4.79 Å². The average Bonchev–Trinajstić information content (AvgIpc) is 2.66. The number of hydrogen-bond donors (Lipinski definition) is 1. The van der Waals surface area contributed by atoms with E-state index in [1.807, 2.05) is 70.2 Å². The molecule has 2 rings (SSSR count). The molecule has 0 spiro atoms. The van der Waals surface area contributed by atoms with Crippen molar-refractivity contribution in [2.24, 2.45) is 0 Å². The molecule has 146 valence electrons. The molecule has 0 saturated carbocycles. The highest BCUT2D eigenvalue weighted by Gasteiger charge is 2.21. The first-order chi connectivity index (χ1) is 12.9. The zero-order valence-electron chi connectivity index (χ0n) is 16.7. The summed E-state index contributed by atoms with van der Waals surface area (Å²) in [4.78, 5) is 12.6. The van der Waals surface area contributed by atoms with Crippen molar-refractivity contribution >= 4 is 5.91 Å². The maximum absolute atomic E-state index is 12.6. The number of nitrogens with one attached hydrogen (secondary N) is 1. The van der Waals surface area contributed by atoms with Crippen LogP contribution in [0, 0.1) is 13.8 Å². The molecule has 27 heavy (non-hydrogen) atoms. The Balaban J connectivity index is 1.86. The van der Waals surface area contributed by atoms with Crippen LogP contribution in [0.5, 0.6) is 17.2 Å². The molecule has 0 fully saturated rings. The number of hydrogen-bond acceptors (Lipinski definition) is 4. The van der Waals surface area contributed by atoms with Crippen LogP contribution in [0.3, 0.4) is 0 Å². The molecule has 0 aliphatic carbocycles. The second-order valence-corrected chi connectivity index (χ2v) is 6.68. The Morgan fingerprint density at radius 2 is 1.74 bits per heavy atom. The van der Waals surface area contributed by atoms with Crippen molar-refractivity contribution in [1.29, 1.82) is 0 Å². The molecule has 2 atom stereocenters. The SMILES string of the molecule is CC[C@@H](Oc1ccc(C)cc1C)C(=O)N[C@H](C)COc1ccc(OC)cc1. The van der Waals surface area contributed by atoms with Crippen LogP contribution in [0.25, 0.3) is 0 Å². The van der Waals surface area contributed by atoms with E-state index in [1.165, 1.54) is 5.56 Å². The Kier molecular flexibility index (Phi) is 7.53. The van der Waals surface area contributed by atoms with Gasteiger partial charge in [-0.2, -0.15) is 0 Å². The molecule has 5 nitrogen and oxygen atoms in total. The van der Waals surface area contributed by atoms with E-state index in [4.69, 9.17) is 14.2 Å². The zero-order valence-corrected chi connectivity index (χ0v) is 16.7. The summed E-state index contributed by atoms with van der Waals surface area (Å²) in [6, 6.07) is 13.2. The molecule has 0 saturated heterocycles. The molecule has 2 aromatic carbocycles. The van der Waals surface area contributed by atoms with Crippen LogP contribution in [0.1, 0.15) is 31.4 Å². The molecule has 0 aliphatic heterocycles. The maximum Gasteiger partial charge on any atom is 0.261 e. The minimum absolute atomic E-state index is 0.136. The number of ether oxygens (including phenoxy) is 3. The van der Waals surface area contributed by atoms with Gasteiger partial charge < -0.3 is 19.5 Å². The van der Waals surface area contributed by atoms with Gasteiger partial charge in [0, 0.05) is 0 Å². The van der Waals surface area contributed by atoms with Crippen molar-refractivity contribution < 1.29 is 19.0 Å². The van der Waals surface area contributed by atoms with Crippen LogP contribution >= 0.6 is 0 Å². The fourth-order valence-electron chi connectivity index (χ4n) is 2.68. The van der Waals surface area contributed by atoms with Crippen molar-refractivity contribution in [3.05, 3.63) is 53.6 Å². The largest absolute Gasteiger partial charge is 0.497 e. The molecule has 0 unspecified atom stereocenters. The smallest absolute Gasteiger partial charge is 0.261 e. The molecule has 5 heteroatoms. The van der Waals surface area contributed by atoms with Crippen LogP contribution in [0.4, 0.5) is 0 Å². The lowest BCUT2D eigenvalue weighted by Crippen LogP contribution is -2.44. The normalized spacial score (nSPS) is 12.8. The Bertz CT molecular complexity index is 742. The fraction of sp³-hybridized carbons (Fsp3) is 0.409. The zero-order chi connectivity index (χ0) is 19.8. The number of methoxy groups -OCH3 is 1. The van der Waals surface area contributed by atoms with Gasteiger partial charge in [-0.25, -0.2) is 0 Å². The Morgan fingerprint density at radius 3 is 2.33 bits per heavy atom. The summed E-state index contributed by atoms with van der Waals surface area (Å²) in [5.41, 5.74) is 2.19. The molecular formula is C22H29NO4. The summed E-state index contributed by atoms with van der Waals surface area (Å²) in [6.45, 7) is 8.24. The molecule has 0 bridgehead atoms. The average molecular weight is 371 g/mol. The van der Waals surface area contributed by atoms with Crippen LogP contribution in [0.2, 0.25) is 0 Å². The minimum atomic E-state index is -0.533. The van der Waals surface area contributed by atoms with Crippen molar-refractivity contribution in [2.75, 3.05) is 13.7 Å². The topological polar surface area (TPSA) is 56.8 Å². The lowest BCUT2D eigenvalue weighted by molar-refractivity contribution is -0.129. The van der Waals surface area contributed by atoms with Gasteiger partial charge in [-0.05, 0) is 63.1 Å². The van der Waals surface area contributed by atoms with E-state index in [1.54, 1.807) is 7.11 Å². The van der Waals surface area contributed by atoms with E-state index in [-0.39, 0.29) is 11.9 Å². The summed E-state index contributed by atoms with van der Waals surface area (Å²) in [6.07, 6.45) is 0.0559. The number of rotatable bonds is 9. The Labute approximate surface area is 161 Å². The molecule has 0 aliphatic rings. The predicted molar refractivity (Wildman–Crippen MR) is 107 cm³/mol. The third kappa shape index (κ3) is 6.20. The van der Waals surface area contributed by atoms with E-state index < -0.39 is 6.10 Å². The van der Waals surface area contributed by atoms with E-state index in [0.717, 1.165) is 22.8 Å². The van der Waals surface area contributed by atoms with Gasteiger partial charge in [0.2, 0.25) is 0 Å². The predicted octanol–water partition coefficient (Wildman–Crippen LogP) is 4.05. The first-order valence-corrected chi connectivity index (χ1v) is 9.24. The molecular weight excluding hydrogens is 342 g/mol. The van der Waals surface area contributed by atoms with Crippen molar-refractivity contribution in [3.8, 4) is 17.2 Å². The number of carbonyl (C=O) groups excluding carboxylic acids is 1. The summed E-state index contributed by atoms with van der Waals surface area (Å²) in [5.74, 6) is 2.11. The van der Waals surface area contributed by atoms with Crippen molar-refractivity contribution in [3.63, 3.8) is 0 Å². The summed E-state index contributed by atoms with van der Waals surface area (Å²) < 4.78 is 16.8. The van der Waals surface area contributed by atoms with Crippen molar-refractivity contribution in [1.82, 2.24) is 5.32 Å². The molecule has 0 radical (unpaired) electrons. The maximum atomic E-state index is 12.6. The standard InChI is InChI=1S/C22H29NO4/c1-6-20(27-21-12-7-15(2)13-16(21)3)22(24)23-17(4)14-26-19-10-8-18(25-5)9-11-19/h7-13,17,20H,6,14H2,1-5H3,(H,23,24)/t17-,20-/m1/s1. The summed E-state index contributed by atoms with van der Waals surface area (Å²) in [5, 5.41) is 2.96. The molecule has 0 aromatic heterocycles. The lowest BCUT2D eigenvalue weighted by Gasteiger charge is -2.21. The van der Waals surface area contributed by atoms with Gasteiger partial charge in [0.25, 0.3) is 5.91 Å². The van der Waals surface area contributed by atoms with Gasteiger partial charge in [0.1, 0.15) is 23.9 Å². The van der Waals surface area contributed by atoms with Crippen LogP contribution in [0.15, 0.2) is 42.5 Å². The quantitative estimate of drug-likeness (QED) is 0.722. The highest BCUT2D eigenvalue weighted by atomic mass is 16.5. The first-order valence-electron chi connectivity index (χ1n) is 9.24. The molecule has 1 N–H and O–H groups in total. The third-order valence-electron chi connectivity index (χ3n) is 4.21. The summed E-state index contributed by atoms with van der Waals surface area (Å²) in [7, 11) is 1.62. The van der Waals surface area contributed by atoms with Gasteiger partial charge >= 0.3 is 0 Å². The first kappa shape index (κ1) is 20.6. The molecule has 0 heterocycles. The highest BCUT2D eigenvalue weighted by Crippen LogP contribution is 2.21. The van der Waals surface area contributed by atoms with Crippen LogP contribution < -0.4 is 19.5 Å². The Morgan fingerprint density at radius 1 is 1.07 bits per heavy atom. The van der Waals surface area contributed by atoms with E-state index in [0.29, 0.717) is 13.0 Å². The molecule has 2 aromatic rings. The van der Waals surface area contributed by atoms with Crippen LogP contribution in [-0.4, -0.2) is 31.8 Å². The number of carbonyl (C=O) groups is 1. The van der Waals surface area contributed by atoms with Gasteiger partial charge in [0.15, 0.2) is 6.10 Å². The van der Waals surface area contributed by atoms with Gasteiger partial charge in [-0.1, -0.05) is 24.6 Å². The van der Waals surface area contributed by atoms with E-state index in [2.05, 4.69) is 5.32 Å². The van der Waals surface area contributed by atoms with E-state index >= 15 is 0 Å². The van der Waals surface area contributed by atoms with Gasteiger partial charge in [0.05, 0.1) is 13.2 Å². The van der Waals surface area contributed by atoms with E-state index in [9.17, 15) is 4.79 Å². The lowest BCUT2D eigenvalue weighted by atomic mass is 10.1. The van der Waals surface area contributed by atoms with Crippen LogP contribution in [-0.2, 0) is 4.79 Å². The second kappa shape index (κ2) is 9.86. The monoisotopic (exact) mass is 371 g/mol. The van der Waals surface area contributed by atoms with Crippen molar-refractivity contribution in [2.45, 2.75) is 46.3 Å². The molecule has 1 amide bonds. The number of amides is 1. The number of benzene rings is 2. The fourth-order valence-corrected chi connectivity index (χ4v) is 2.68. The minimum Gasteiger partial charge on any atom is -0.497 e. The highest BCUT2D eigenvalue weighted by molar-refractivity contribution is 5.81.